The lowest BCUT2D eigenvalue weighted by atomic mass is 10.2. The number of anilines is 1. The van der Waals surface area contributed by atoms with E-state index < -0.39 is 12.0 Å². The van der Waals surface area contributed by atoms with Gasteiger partial charge in [-0.3, -0.25) is 4.79 Å². The number of thiophene rings is 1. The highest BCUT2D eigenvalue weighted by Crippen LogP contribution is 2.28. The highest BCUT2D eigenvalue weighted by atomic mass is 32.1. The second-order valence-electron chi connectivity index (χ2n) is 3.65. The van der Waals surface area contributed by atoms with Gasteiger partial charge in [0.2, 0.25) is 0 Å². The number of nitrogens with zero attached hydrogens (tertiary/aromatic N) is 1. The molecule has 2 rings (SSSR count). The molecule has 2 heterocycles. The van der Waals surface area contributed by atoms with Gasteiger partial charge in [0, 0.05) is 27.6 Å². The summed E-state index contributed by atoms with van der Waals surface area (Å²) >= 11 is 1.56. The van der Waals surface area contributed by atoms with Crippen LogP contribution in [-0.2, 0) is 16.0 Å². The summed E-state index contributed by atoms with van der Waals surface area (Å²) in [6.07, 6.45) is 2.11. The van der Waals surface area contributed by atoms with Crippen molar-refractivity contribution in [2.75, 3.05) is 12.8 Å². The van der Waals surface area contributed by atoms with Gasteiger partial charge >= 0.3 is 5.97 Å². The predicted octanol–water partition coefficient (Wildman–Crippen LogP) is 0.921. The number of ether oxygens (including phenoxy) is 1. The summed E-state index contributed by atoms with van der Waals surface area (Å²) in [5, 5.41) is 0.907. The maximum Gasteiger partial charge on any atom is 0.323 e. The van der Waals surface area contributed by atoms with Crippen LogP contribution in [0.15, 0.2) is 18.3 Å². The van der Waals surface area contributed by atoms with Crippen molar-refractivity contribution >= 4 is 33.2 Å². The summed E-state index contributed by atoms with van der Waals surface area (Å²) in [6, 6.07) is 3.18. The molecular weight excluding hydrogens is 238 g/mol. The molecule has 17 heavy (non-hydrogen) atoms. The van der Waals surface area contributed by atoms with Crippen LogP contribution < -0.4 is 11.5 Å². The number of aromatic nitrogens is 1. The van der Waals surface area contributed by atoms with Crippen molar-refractivity contribution in [1.29, 1.82) is 0 Å². The average Bonchev–Trinajstić information content (AvgIpc) is 2.72. The summed E-state index contributed by atoms with van der Waals surface area (Å²) in [4.78, 5) is 16.2. The number of rotatable bonds is 3. The highest BCUT2D eigenvalue weighted by molar-refractivity contribution is 7.19. The minimum Gasteiger partial charge on any atom is -0.468 e. The van der Waals surface area contributed by atoms with E-state index in [2.05, 4.69) is 9.72 Å². The van der Waals surface area contributed by atoms with Crippen molar-refractivity contribution in [3.8, 4) is 0 Å². The molecule has 2 aromatic rings. The first-order valence-corrected chi connectivity index (χ1v) is 5.89. The van der Waals surface area contributed by atoms with Gasteiger partial charge in [0.05, 0.1) is 7.11 Å². The third-order valence-corrected chi connectivity index (χ3v) is 3.57. The van der Waals surface area contributed by atoms with E-state index in [1.807, 2.05) is 12.1 Å². The number of carbonyl (C=O) groups is 1. The molecule has 1 unspecified atom stereocenters. The number of hydrogen-bond donors (Lipinski definition) is 2. The van der Waals surface area contributed by atoms with E-state index >= 15 is 0 Å². The largest absolute Gasteiger partial charge is 0.468 e. The van der Waals surface area contributed by atoms with Gasteiger partial charge in [-0.15, -0.1) is 11.3 Å². The molecule has 5 nitrogen and oxygen atoms in total. The first-order valence-electron chi connectivity index (χ1n) is 5.08. The molecule has 0 aliphatic rings. The van der Waals surface area contributed by atoms with E-state index in [0.717, 1.165) is 15.0 Å². The Bertz CT molecular complexity index is 553. The van der Waals surface area contributed by atoms with E-state index in [4.69, 9.17) is 11.5 Å². The second-order valence-corrected chi connectivity index (χ2v) is 4.82. The Morgan fingerprint density at radius 1 is 1.65 bits per heavy atom. The van der Waals surface area contributed by atoms with Crippen molar-refractivity contribution in [2.45, 2.75) is 12.5 Å². The topological polar surface area (TPSA) is 91.2 Å². The molecule has 0 aliphatic carbocycles. The molecule has 2 aromatic heterocycles. The van der Waals surface area contributed by atoms with E-state index in [0.29, 0.717) is 12.2 Å². The fraction of sp³-hybridized carbons (Fsp3) is 0.273. The Balaban J connectivity index is 2.26. The zero-order valence-corrected chi connectivity index (χ0v) is 10.2. The number of pyridine rings is 1. The normalized spacial score (nSPS) is 12.6. The van der Waals surface area contributed by atoms with Crippen LogP contribution in [0.1, 0.15) is 4.88 Å². The molecule has 0 radical (unpaired) electrons. The zero-order valence-electron chi connectivity index (χ0n) is 9.34. The van der Waals surface area contributed by atoms with Crippen molar-refractivity contribution < 1.29 is 9.53 Å². The van der Waals surface area contributed by atoms with Crippen LogP contribution in [-0.4, -0.2) is 24.1 Å². The lowest BCUT2D eigenvalue weighted by molar-refractivity contribution is -0.142. The fourth-order valence-electron chi connectivity index (χ4n) is 1.59. The quantitative estimate of drug-likeness (QED) is 0.791. The molecular formula is C11H13N3O2S. The molecule has 0 saturated heterocycles. The maximum atomic E-state index is 11.2. The van der Waals surface area contributed by atoms with Crippen LogP contribution in [0.3, 0.4) is 0 Å². The molecule has 0 bridgehead atoms. The summed E-state index contributed by atoms with van der Waals surface area (Å²) in [7, 11) is 1.33. The van der Waals surface area contributed by atoms with E-state index in [1.165, 1.54) is 7.11 Å². The van der Waals surface area contributed by atoms with Crippen LogP contribution in [0.25, 0.3) is 10.1 Å². The molecule has 1 atom stereocenters. The number of carbonyl (C=O) groups excluding carboxylic acids is 1. The van der Waals surface area contributed by atoms with Gasteiger partial charge in [0.25, 0.3) is 0 Å². The van der Waals surface area contributed by atoms with Gasteiger partial charge in [-0.25, -0.2) is 4.98 Å². The molecule has 4 N–H and O–H groups in total. The summed E-state index contributed by atoms with van der Waals surface area (Å²) in [5.41, 5.74) is 11.5. The monoisotopic (exact) mass is 251 g/mol. The third-order valence-electron chi connectivity index (χ3n) is 2.45. The molecule has 6 heteroatoms. The summed E-state index contributed by atoms with van der Waals surface area (Å²) in [6.45, 7) is 0. The smallest absolute Gasteiger partial charge is 0.323 e. The van der Waals surface area contributed by atoms with Crippen molar-refractivity contribution in [3.63, 3.8) is 0 Å². The lowest BCUT2D eigenvalue weighted by Crippen LogP contribution is -2.33. The number of hydrogen-bond acceptors (Lipinski definition) is 6. The van der Waals surface area contributed by atoms with Gasteiger partial charge in [-0.1, -0.05) is 0 Å². The Morgan fingerprint density at radius 2 is 2.41 bits per heavy atom. The van der Waals surface area contributed by atoms with Gasteiger partial charge < -0.3 is 16.2 Å². The number of methoxy groups -OCH3 is 1. The molecule has 0 saturated carbocycles. The van der Waals surface area contributed by atoms with Crippen molar-refractivity contribution in [2.24, 2.45) is 5.73 Å². The van der Waals surface area contributed by atoms with Crippen LogP contribution in [0.2, 0.25) is 0 Å². The van der Waals surface area contributed by atoms with Crippen LogP contribution in [0.5, 0.6) is 0 Å². The number of nitrogens with two attached hydrogens (primary N) is 2. The molecule has 0 amide bonds. The van der Waals surface area contributed by atoms with Crippen LogP contribution in [0.4, 0.5) is 5.82 Å². The van der Waals surface area contributed by atoms with Crippen LogP contribution in [0, 0.1) is 0 Å². The predicted molar refractivity (Wildman–Crippen MR) is 67.7 cm³/mol. The Hall–Kier alpha value is -1.66. The second kappa shape index (κ2) is 4.68. The average molecular weight is 251 g/mol. The Labute approximate surface area is 102 Å². The summed E-state index contributed by atoms with van der Waals surface area (Å²) in [5.74, 6) is 0.0881. The SMILES string of the molecule is COC(=O)C(N)Cc1cc2c(N)nccc2s1. The van der Waals surface area contributed by atoms with Gasteiger partial charge in [0.15, 0.2) is 0 Å². The van der Waals surface area contributed by atoms with E-state index in [1.54, 1.807) is 17.5 Å². The van der Waals surface area contributed by atoms with Crippen molar-refractivity contribution in [3.05, 3.63) is 23.2 Å². The number of fused-ring (bicyclic) bond motifs is 1. The Kier molecular flexibility index (Phi) is 3.26. The number of nitrogen functional groups attached to an aromatic ring is 1. The molecule has 0 fully saturated rings. The molecule has 0 aromatic carbocycles. The molecule has 0 aliphatic heterocycles. The lowest BCUT2D eigenvalue weighted by Gasteiger charge is -2.06. The maximum absolute atomic E-state index is 11.2. The van der Waals surface area contributed by atoms with Gasteiger partial charge in [-0.05, 0) is 12.1 Å². The third kappa shape index (κ3) is 2.37. The van der Waals surface area contributed by atoms with Gasteiger partial charge in [-0.2, -0.15) is 0 Å². The molecule has 0 spiro atoms. The van der Waals surface area contributed by atoms with Crippen molar-refractivity contribution in [1.82, 2.24) is 4.98 Å². The first-order chi connectivity index (χ1) is 8.11. The fourth-order valence-corrected chi connectivity index (χ4v) is 2.71. The standard InChI is InChI=1S/C11H13N3O2S/c1-16-11(15)8(12)5-6-4-7-9(17-6)2-3-14-10(7)13/h2-4,8H,5,12H2,1H3,(H2,13,14). The zero-order chi connectivity index (χ0) is 12.4. The van der Waals surface area contributed by atoms with Gasteiger partial charge in [0.1, 0.15) is 11.9 Å². The Morgan fingerprint density at radius 3 is 3.06 bits per heavy atom. The first kappa shape index (κ1) is 11.8. The number of esters is 1. The minimum absolute atomic E-state index is 0.409. The summed E-state index contributed by atoms with van der Waals surface area (Å²) < 4.78 is 5.63. The highest BCUT2D eigenvalue weighted by Gasteiger charge is 2.16. The van der Waals surface area contributed by atoms with E-state index in [-0.39, 0.29) is 0 Å². The molecule has 90 valence electrons. The van der Waals surface area contributed by atoms with Crippen LogP contribution >= 0.6 is 11.3 Å². The van der Waals surface area contributed by atoms with E-state index in [9.17, 15) is 4.79 Å². The minimum atomic E-state index is -0.637.